The van der Waals surface area contributed by atoms with Gasteiger partial charge in [0.15, 0.2) is 0 Å². The van der Waals surface area contributed by atoms with E-state index in [0.717, 1.165) is 5.75 Å². The fourth-order valence-corrected chi connectivity index (χ4v) is 3.24. The van der Waals surface area contributed by atoms with E-state index in [9.17, 15) is 14.0 Å². The van der Waals surface area contributed by atoms with Gasteiger partial charge in [-0.3, -0.25) is 9.59 Å². The van der Waals surface area contributed by atoms with Gasteiger partial charge in [-0.1, -0.05) is 12.1 Å². The van der Waals surface area contributed by atoms with Crippen molar-refractivity contribution >= 4 is 23.6 Å². The van der Waals surface area contributed by atoms with Crippen LogP contribution in [0.4, 0.5) is 4.39 Å². The van der Waals surface area contributed by atoms with Gasteiger partial charge in [0.2, 0.25) is 5.91 Å². The predicted octanol–water partition coefficient (Wildman–Crippen LogP) is 1.58. The molecule has 1 aromatic carbocycles. The van der Waals surface area contributed by atoms with E-state index in [0.29, 0.717) is 39.0 Å². The molecule has 1 aliphatic heterocycles. The third kappa shape index (κ3) is 4.70. The zero-order valence-electron chi connectivity index (χ0n) is 13.9. The lowest BCUT2D eigenvalue weighted by atomic mass is 10.2. The maximum absolute atomic E-state index is 13.8. The molecule has 0 aliphatic carbocycles. The van der Waals surface area contributed by atoms with Gasteiger partial charge in [0, 0.05) is 26.2 Å². The van der Waals surface area contributed by atoms with Crippen molar-refractivity contribution in [2.45, 2.75) is 18.9 Å². The number of nitrogens with two attached hydrogens (primary N) is 1. The van der Waals surface area contributed by atoms with Crippen molar-refractivity contribution in [3.8, 4) is 0 Å². The molecule has 1 saturated heterocycles. The minimum atomic E-state index is -0.515. The highest BCUT2D eigenvalue weighted by atomic mass is 32.2. The standard InChI is InChI=1S/C17H24FN3O2S/c1-24-12-7-15(19)17(23)21-9-4-8-20(10-11-21)16(22)13-5-2-3-6-14(13)18/h2-3,5-6,15H,4,7-12,19H2,1H3/t15-/m0/s1. The van der Waals surface area contributed by atoms with Crippen LogP contribution in [0.15, 0.2) is 24.3 Å². The average molecular weight is 353 g/mol. The van der Waals surface area contributed by atoms with Crippen molar-refractivity contribution in [3.63, 3.8) is 0 Å². The first-order chi connectivity index (χ1) is 11.5. The monoisotopic (exact) mass is 353 g/mol. The van der Waals surface area contributed by atoms with Gasteiger partial charge in [-0.25, -0.2) is 4.39 Å². The summed E-state index contributed by atoms with van der Waals surface area (Å²) in [5, 5.41) is 0. The summed E-state index contributed by atoms with van der Waals surface area (Å²) in [4.78, 5) is 28.2. The molecular weight excluding hydrogens is 329 g/mol. The van der Waals surface area contributed by atoms with E-state index in [-0.39, 0.29) is 17.4 Å². The molecule has 5 nitrogen and oxygen atoms in total. The van der Waals surface area contributed by atoms with Crippen LogP contribution in [0.3, 0.4) is 0 Å². The van der Waals surface area contributed by atoms with Gasteiger partial charge >= 0.3 is 0 Å². The molecule has 24 heavy (non-hydrogen) atoms. The maximum Gasteiger partial charge on any atom is 0.256 e. The van der Waals surface area contributed by atoms with Gasteiger partial charge in [-0.2, -0.15) is 11.8 Å². The SMILES string of the molecule is CSCC[C@H](N)C(=O)N1CCCN(C(=O)c2ccccc2F)CC1. The van der Waals surface area contributed by atoms with Crippen LogP contribution < -0.4 is 5.73 Å². The molecule has 0 bridgehead atoms. The van der Waals surface area contributed by atoms with E-state index >= 15 is 0 Å². The number of hydrogen-bond acceptors (Lipinski definition) is 4. The first-order valence-electron chi connectivity index (χ1n) is 8.11. The van der Waals surface area contributed by atoms with E-state index in [1.165, 1.54) is 12.1 Å². The molecule has 1 fully saturated rings. The van der Waals surface area contributed by atoms with E-state index < -0.39 is 11.9 Å². The Morgan fingerprint density at radius 3 is 2.58 bits per heavy atom. The minimum Gasteiger partial charge on any atom is -0.340 e. The van der Waals surface area contributed by atoms with Crippen LogP contribution in [0.1, 0.15) is 23.2 Å². The quantitative estimate of drug-likeness (QED) is 0.873. The van der Waals surface area contributed by atoms with Gasteiger partial charge in [-0.05, 0) is 37.0 Å². The van der Waals surface area contributed by atoms with Crippen molar-refractivity contribution in [3.05, 3.63) is 35.6 Å². The van der Waals surface area contributed by atoms with Crippen LogP contribution in [0.2, 0.25) is 0 Å². The number of halogens is 1. The Balaban J connectivity index is 1.96. The summed E-state index contributed by atoms with van der Waals surface area (Å²) >= 11 is 1.66. The predicted molar refractivity (Wildman–Crippen MR) is 94.5 cm³/mol. The number of benzene rings is 1. The highest BCUT2D eigenvalue weighted by Crippen LogP contribution is 2.13. The van der Waals surface area contributed by atoms with Crippen molar-refractivity contribution in [2.75, 3.05) is 38.2 Å². The molecule has 7 heteroatoms. The maximum atomic E-state index is 13.8. The van der Waals surface area contributed by atoms with E-state index in [1.807, 2.05) is 6.26 Å². The molecular formula is C17H24FN3O2S. The highest BCUT2D eigenvalue weighted by molar-refractivity contribution is 7.98. The number of carbonyl (C=O) groups excluding carboxylic acids is 2. The van der Waals surface area contributed by atoms with E-state index in [2.05, 4.69) is 0 Å². The number of nitrogens with zero attached hydrogens (tertiary/aromatic N) is 2. The Labute approximate surface area is 146 Å². The number of rotatable bonds is 5. The molecule has 2 N–H and O–H groups in total. The number of amides is 2. The molecule has 0 unspecified atom stereocenters. The number of thioether (sulfide) groups is 1. The fraction of sp³-hybridized carbons (Fsp3) is 0.529. The molecule has 132 valence electrons. The molecule has 2 rings (SSSR count). The zero-order valence-corrected chi connectivity index (χ0v) is 14.7. The summed E-state index contributed by atoms with van der Waals surface area (Å²) in [6, 6.07) is 5.49. The van der Waals surface area contributed by atoms with Crippen molar-refractivity contribution in [1.29, 1.82) is 0 Å². The third-order valence-corrected chi connectivity index (χ3v) is 4.79. The summed E-state index contributed by atoms with van der Waals surface area (Å²) in [5.41, 5.74) is 6.03. The van der Waals surface area contributed by atoms with Crippen LogP contribution in [0, 0.1) is 5.82 Å². The normalized spacial score (nSPS) is 16.6. The summed E-state index contributed by atoms with van der Waals surface area (Å²) in [6.45, 7) is 1.92. The van der Waals surface area contributed by atoms with E-state index in [1.54, 1.807) is 33.7 Å². The first-order valence-corrected chi connectivity index (χ1v) is 9.51. The lowest BCUT2D eigenvalue weighted by Crippen LogP contribution is -2.45. The molecule has 1 atom stereocenters. The summed E-state index contributed by atoms with van der Waals surface area (Å²) in [5.74, 6) is -0.0596. The van der Waals surface area contributed by atoms with Gasteiger partial charge in [0.1, 0.15) is 5.82 Å². The number of hydrogen-bond donors (Lipinski definition) is 1. The summed E-state index contributed by atoms with van der Waals surface area (Å²) in [6.07, 6.45) is 3.30. The first kappa shape index (κ1) is 18.7. The number of carbonyl (C=O) groups is 2. The molecule has 1 heterocycles. The second-order valence-electron chi connectivity index (χ2n) is 5.84. The lowest BCUT2D eigenvalue weighted by molar-refractivity contribution is -0.132. The molecule has 1 aliphatic rings. The molecule has 0 spiro atoms. The van der Waals surface area contributed by atoms with Gasteiger partial charge in [0.25, 0.3) is 5.91 Å². The third-order valence-electron chi connectivity index (χ3n) is 4.15. The summed E-state index contributed by atoms with van der Waals surface area (Å²) in [7, 11) is 0. The average Bonchev–Trinajstić information content (AvgIpc) is 2.85. The second-order valence-corrected chi connectivity index (χ2v) is 6.82. The topological polar surface area (TPSA) is 66.6 Å². The second kappa shape index (κ2) is 9.03. The van der Waals surface area contributed by atoms with Crippen LogP contribution in [-0.4, -0.2) is 65.8 Å². The van der Waals surface area contributed by atoms with Gasteiger partial charge in [0.05, 0.1) is 11.6 Å². The van der Waals surface area contributed by atoms with Crippen molar-refractivity contribution in [1.82, 2.24) is 9.80 Å². The van der Waals surface area contributed by atoms with Crippen molar-refractivity contribution in [2.24, 2.45) is 5.73 Å². The molecule has 0 saturated carbocycles. The smallest absolute Gasteiger partial charge is 0.256 e. The Bertz CT molecular complexity index is 585. The van der Waals surface area contributed by atoms with Crippen LogP contribution in [-0.2, 0) is 4.79 Å². The van der Waals surface area contributed by atoms with Crippen LogP contribution in [0.25, 0.3) is 0 Å². The van der Waals surface area contributed by atoms with Crippen LogP contribution in [0.5, 0.6) is 0 Å². The van der Waals surface area contributed by atoms with Gasteiger partial charge < -0.3 is 15.5 Å². The van der Waals surface area contributed by atoms with Gasteiger partial charge in [-0.15, -0.1) is 0 Å². The summed E-state index contributed by atoms with van der Waals surface area (Å²) < 4.78 is 13.8. The molecule has 1 aromatic rings. The molecule has 0 radical (unpaired) electrons. The Morgan fingerprint density at radius 2 is 1.88 bits per heavy atom. The van der Waals surface area contributed by atoms with Crippen LogP contribution >= 0.6 is 11.8 Å². The Hall–Kier alpha value is -1.60. The van der Waals surface area contributed by atoms with Crippen molar-refractivity contribution < 1.29 is 14.0 Å². The fourth-order valence-electron chi connectivity index (χ4n) is 2.75. The van der Waals surface area contributed by atoms with E-state index in [4.69, 9.17) is 5.73 Å². The lowest BCUT2D eigenvalue weighted by Gasteiger charge is -2.24. The largest absolute Gasteiger partial charge is 0.340 e. The minimum absolute atomic E-state index is 0.0655. The Morgan fingerprint density at radius 1 is 1.21 bits per heavy atom. The Kier molecular flexibility index (Phi) is 7.05. The zero-order chi connectivity index (χ0) is 17.5. The molecule has 2 amide bonds. The highest BCUT2D eigenvalue weighted by Gasteiger charge is 2.26. The molecule has 0 aromatic heterocycles.